The summed E-state index contributed by atoms with van der Waals surface area (Å²) in [5.41, 5.74) is 6.83. The molecule has 1 aromatic carbocycles. The molecule has 1 heterocycles. The summed E-state index contributed by atoms with van der Waals surface area (Å²) in [6.45, 7) is 11.2. The lowest BCUT2D eigenvalue weighted by molar-refractivity contribution is 0.551. The second-order valence-corrected chi connectivity index (χ2v) is 7.94. The highest BCUT2D eigenvalue weighted by molar-refractivity contribution is 5.67. The highest BCUT2D eigenvalue weighted by atomic mass is 15.0. The van der Waals surface area contributed by atoms with Crippen LogP contribution in [0.3, 0.4) is 0 Å². The maximum atomic E-state index is 4.98. The molecule has 2 nitrogen and oxygen atoms in total. The number of aromatic amines is 1. The molecule has 0 radical (unpaired) electrons. The van der Waals surface area contributed by atoms with E-state index in [1.807, 2.05) is 0 Å². The second-order valence-electron chi connectivity index (χ2n) is 7.94. The van der Waals surface area contributed by atoms with Gasteiger partial charge in [-0.15, -0.1) is 0 Å². The second kappa shape index (κ2) is 6.51. The Kier molecular flexibility index (Phi) is 5.03. The summed E-state index contributed by atoms with van der Waals surface area (Å²) < 4.78 is 0. The van der Waals surface area contributed by atoms with E-state index in [4.69, 9.17) is 4.98 Å². The van der Waals surface area contributed by atoms with Crippen molar-refractivity contribution in [3.8, 4) is 11.3 Å². The standard InChI is InChI=1S/C20H28N2.CH4/c1-13(2)14-10-11-16-15(12-14)8-6-7-9-17-18(16)22-19(21-17)20(3,4)5;/h10-13H,6-9H2,1-5H3,(H,21,22);1H4. The number of hydrogen-bond donors (Lipinski definition) is 1. The lowest BCUT2D eigenvalue weighted by Gasteiger charge is -2.16. The molecule has 0 aliphatic heterocycles. The van der Waals surface area contributed by atoms with Crippen LogP contribution in [0.5, 0.6) is 0 Å². The molecule has 1 aliphatic carbocycles. The number of rotatable bonds is 1. The van der Waals surface area contributed by atoms with Gasteiger partial charge in [-0.25, -0.2) is 4.98 Å². The number of hydrogen-bond acceptors (Lipinski definition) is 1. The van der Waals surface area contributed by atoms with E-state index < -0.39 is 0 Å². The molecule has 0 unspecified atom stereocenters. The van der Waals surface area contributed by atoms with E-state index in [-0.39, 0.29) is 12.8 Å². The van der Waals surface area contributed by atoms with Gasteiger partial charge in [0.2, 0.25) is 0 Å². The Morgan fingerprint density at radius 3 is 2.43 bits per heavy atom. The van der Waals surface area contributed by atoms with E-state index in [0.717, 1.165) is 12.2 Å². The summed E-state index contributed by atoms with van der Waals surface area (Å²) in [7, 11) is 0. The average molecular weight is 313 g/mol. The zero-order chi connectivity index (χ0) is 15.9. The molecule has 23 heavy (non-hydrogen) atoms. The maximum Gasteiger partial charge on any atom is 0.112 e. The number of aryl methyl sites for hydroxylation is 2. The Morgan fingerprint density at radius 1 is 1.09 bits per heavy atom. The molecule has 0 spiro atoms. The SMILES string of the molecule is C.CC(C)c1ccc2c(c1)CCCCc1[nH]c(C(C)(C)C)nc1-2. The lowest BCUT2D eigenvalue weighted by atomic mass is 9.90. The Balaban J connectivity index is 0.00000192. The molecular weight excluding hydrogens is 280 g/mol. The minimum atomic E-state index is 0. The number of aromatic nitrogens is 2. The first kappa shape index (κ1) is 17.8. The highest BCUT2D eigenvalue weighted by Crippen LogP contribution is 2.34. The van der Waals surface area contributed by atoms with Crippen LogP contribution >= 0.6 is 0 Å². The predicted molar refractivity (Wildman–Crippen MR) is 100 cm³/mol. The van der Waals surface area contributed by atoms with Gasteiger partial charge in [0.05, 0.1) is 5.69 Å². The fourth-order valence-electron chi connectivity index (χ4n) is 3.20. The summed E-state index contributed by atoms with van der Waals surface area (Å²) >= 11 is 0. The lowest BCUT2D eigenvalue weighted by Crippen LogP contribution is -2.13. The molecular formula is C21H32N2. The molecule has 2 heteroatoms. The topological polar surface area (TPSA) is 28.7 Å². The molecule has 0 saturated heterocycles. The normalized spacial score (nSPS) is 14.5. The summed E-state index contributed by atoms with van der Waals surface area (Å²) in [6.07, 6.45) is 4.79. The van der Waals surface area contributed by atoms with Crippen molar-refractivity contribution >= 4 is 0 Å². The van der Waals surface area contributed by atoms with Crippen LogP contribution in [-0.2, 0) is 18.3 Å². The van der Waals surface area contributed by atoms with Gasteiger partial charge in [0.15, 0.2) is 0 Å². The first-order valence-electron chi connectivity index (χ1n) is 8.59. The maximum absolute atomic E-state index is 4.98. The number of fused-ring (bicyclic) bond motifs is 3. The summed E-state index contributed by atoms with van der Waals surface area (Å²) in [6, 6.07) is 6.98. The molecule has 0 saturated carbocycles. The first-order valence-corrected chi connectivity index (χ1v) is 8.59. The molecule has 126 valence electrons. The summed E-state index contributed by atoms with van der Waals surface area (Å²) in [5, 5.41) is 0. The largest absolute Gasteiger partial charge is 0.345 e. The van der Waals surface area contributed by atoms with Gasteiger partial charge in [-0.1, -0.05) is 60.2 Å². The summed E-state index contributed by atoms with van der Waals surface area (Å²) in [4.78, 5) is 8.59. The first-order chi connectivity index (χ1) is 10.4. The van der Waals surface area contributed by atoms with Crippen LogP contribution < -0.4 is 0 Å². The Labute approximate surface area is 141 Å². The minimum absolute atomic E-state index is 0. The van der Waals surface area contributed by atoms with Gasteiger partial charge in [-0.2, -0.15) is 0 Å². The van der Waals surface area contributed by atoms with Gasteiger partial charge in [-0.05, 0) is 42.7 Å². The van der Waals surface area contributed by atoms with Crippen LogP contribution in [0.4, 0.5) is 0 Å². The zero-order valence-corrected chi connectivity index (χ0v) is 14.6. The number of H-pyrrole nitrogens is 1. The van der Waals surface area contributed by atoms with Crippen molar-refractivity contribution in [3.63, 3.8) is 0 Å². The highest BCUT2D eigenvalue weighted by Gasteiger charge is 2.23. The van der Waals surface area contributed by atoms with Gasteiger partial charge in [0.1, 0.15) is 5.82 Å². The van der Waals surface area contributed by atoms with Crippen molar-refractivity contribution in [3.05, 3.63) is 40.8 Å². The van der Waals surface area contributed by atoms with Crippen LogP contribution in [-0.4, -0.2) is 9.97 Å². The van der Waals surface area contributed by atoms with E-state index in [0.29, 0.717) is 5.92 Å². The van der Waals surface area contributed by atoms with Crippen LogP contribution in [0.1, 0.15) is 83.5 Å². The fraction of sp³-hybridized carbons (Fsp3) is 0.571. The quantitative estimate of drug-likeness (QED) is 0.686. The molecule has 1 N–H and O–H groups in total. The third-order valence-corrected chi connectivity index (χ3v) is 4.66. The van der Waals surface area contributed by atoms with Crippen LogP contribution in [0.15, 0.2) is 18.2 Å². The van der Waals surface area contributed by atoms with Crippen LogP contribution in [0, 0.1) is 0 Å². The van der Waals surface area contributed by atoms with Crippen molar-refractivity contribution in [2.75, 3.05) is 0 Å². The fourth-order valence-corrected chi connectivity index (χ4v) is 3.20. The van der Waals surface area contributed by atoms with Crippen molar-refractivity contribution in [1.29, 1.82) is 0 Å². The van der Waals surface area contributed by atoms with E-state index >= 15 is 0 Å². The number of nitrogens with one attached hydrogen (secondary N) is 1. The van der Waals surface area contributed by atoms with Gasteiger partial charge in [0.25, 0.3) is 0 Å². The molecule has 0 atom stereocenters. The Morgan fingerprint density at radius 2 is 1.78 bits per heavy atom. The third-order valence-electron chi connectivity index (χ3n) is 4.66. The molecule has 3 rings (SSSR count). The molecule has 0 bridgehead atoms. The summed E-state index contributed by atoms with van der Waals surface area (Å²) in [5.74, 6) is 1.69. The number of nitrogens with zero attached hydrogens (tertiary/aromatic N) is 1. The molecule has 0 fully saturated rings. The van der Waals surface area contributed by atoms with Crippen LogP contribution in [0.2, 0.25) is 0 Å². The van der Waals surface area contributed by atoms with Crippen molar-refractivity contribution < 1.29 is 0 Å². The van der Waals surface area contributed by atoms with Crippen molar-refractivity contribution in [2.45, 2.75) is 79.1 Å². The van der Waals surface area contributed by atoms with Gasteiger partial charge in [0, 0.05) is 16.7 Å². The molecule has 0 amide bonds. The van der Waals surface area contributed by atoms with Gasteiger partial charge >= 0.3 is 0 Å². The Hall–Kier alpha value is -1.57. The number of benzene rings is 1. The van der Waals surface area contributed by atoms with E-state index in [1.165, 1.54) is 47.3 Å². The Bertz CT molecular complexity index is 672. The molecule has 1 aliphatic rings. The van der Waals surface area contributed by atoms with Gasteiger partial charge < -0.3 is 4.98 Å². The van der Waals surface area contributed by atoms with Crippen molar-refractivity contribution in [2.24, 2.45) is 0 Å². The van der Waals surface area contributed by atoms with E-state index in [9.17, 15) is 0 Å². The predicted octanol–water partition coefficient (Wildman–Crippen LogP) is 6.01. The van der Waals surface area contributed by atoms with E-state index in [1.54, 1.807) is 0 Å². The molecule has 1 aromatic heterocycles. The number of imidazole rings is 1. The third kappa shape index (κ3) is 3.52. The van der Waals surface area contributed by atoms with E-state index in [2.05, 4.69) is 57.8 Å². The van der Waals surface area contributed by atoms with Gasteiger partial charge in [-0.3, -0.25) is 0 Å². The van der Waals surface area contributed by atoms with Crippen LogP contribution in [0.25, 0.3) is 11.3 Å². The monoisotopic (exact) mass is 312 g/mol. The zero-order valence-electron chi connectivity index (χ0n) is 14.6. The average Bonchev–Trinajstić information content (AvgIpc) is 2.84. The minimum Gasteiger partial charge on any atom is -0.345 e. The van der Waals surface area contributed by atoms with Crippen molar-refractivity contribution in [1.82, 2.24) is 9.97 Å². The molecule has 2 aromatic rings. The smallest absolute Gasteiger partial charge is 0.112 e.